The van der Waals surface area contributed by atoms with Crippen molar-refractivity contribution >= 4 is 34.8 Å². The second-order valence-electron chi connectivity index (χ2n) is 7.47. The van der Waals surface area contributed by atoms with Gasteiger partial charge in [-0.3, -0.25) is 19.4 Å². The SMILES string of the molecule is O=C1CCC2(C(=O)Nc3ccccc3Cl)N1c1ccccc1CN2C1CC1. The molecule has 2 amide bonds. The van der Waals surface area contributed by atoms with Gasteiger partial charge in [-0.2, -0.15) is 0 Å². The summed E-state index contributed by atoms with van der Waals surface area (Å²) in [7, 11) is 0. The number of para-hydroxylation sites is 2. The third-order valence-electron chi connectivity index (χ3n) is 5.83. The van der Waals surface area contributed by atoms with Crippen LogP contribution in [0.5, 0.6) is 0 Å². The van der Waals surface area contributed by atoms with E-state index < -0.39 is 5.66 Å². The quantitative estimate of drug-likeness (QED) is 0.880. The van der Waals surface area contributed by atoms with E-state index in [4.69, 9.17) is 11.6 Å². The average Bonchev–Trinajstić information content (AvgIpc) is 3.46. The second-order valence-corrected chi connectivity index (χ2v) is 7.87. The molecule has 1 unspecified atom stereocenters. The Morgan fingerprint density at radius 3 is 2.63 bits per heavy atom. The van der Waals surface area contributed by atoms with Gasteiger partial charge in [0, 0.05) is 25.4 Å². The van der Waals surface area contributed by atoms with Gasteiger partial charge in [-0.15, -0.1) is 0 Å². The molecular weight excluding hydrogens is 362 g/mol. The largest absolute Gasteiger partial charge is 0.321 e. The van der Waals surface area contributed by atoms with Crippen molar-refractivity contribution in [2.45, 2.75) is 43.9 Å². The molecular formula is C21H20ClN3O2. The van der Waals surface area contributed by atoms with E-state index in [0.717, 1.165) is 24.1 Å². The number of carbonyl (C=O) groups is 2. The molecule has 2 aromatic rings. The molecule has 6 heteroatoms. The number of nitrogens with one attached hydrogen (secondary N) is 1. The molecule has 27 heavy (non-hydrogen) atoms. The molecule has 2 fully saturated rings. The topological polar surface area (TPSA) is 52.7 Å². The lowest BCUT2D eigenvalue weighted by Crippen LogP contribution is -2.67. The Kier molecular flexibility index (Phi) is 3.78. The average molecular weight is 382 g/mol. The molecule has 1 saturated heterocycles. The number of amides is 2. The Morgan fingerprint density at radius 1 is 1.11 bits per heavy atom. The molecule has 2 aromatic carbocycles. The fourth-order valence-corrected chi connectivity index (χ4v) is 4.62. The van der Waals surface area contributed by atoms with E-state index in [-0.39, 0.29) is 11.8 Å². The van der Waals surface area contributed by atoms with E-state index in [9.17, 15) is 9.59 Å². The van der Waals surface area contributed by atoms with Gasteiger partial charge in [0.1, 0.15) is 0 Å². The lowest BCUT2D eigenvalue weighted by Gasteiger charge is -2.49. The monoisotopic (exact) mass is 381 g/mol. The highest BCUT2D eigenvalue weighted by Gasteiger charge is 2.61. The summed E-state index contributed by atoms with van der Waals surface area (Å²) in [4.78, 5) is 30.5. The van der Waals surface area contributed by atoms with Crippen molar-refractivity contribution in [1.29, 1.82) is 0 Å². The van der Waals surface area contributed by atoms with Crippen molar-refractivity contribution in [2.75, 3.05) is 10.2 Å². The van der Waals surface area contributed by atoms with Gasteiger partial charge in [0.25, 0.3) is 5.91 Å². The maximum Gasteiger partial charge on any atom is 0.266 e. The third kappa shape index (κ3) is 2.49. The van der Waals surface area contributed by atoms with E-state index in [0.29, 0.717) is 36.1 Å². The van der Waals surface area contributed by atoms with Crippen LogP contribution in [0.3, 0.4) is 0 Å². The van der Waals surface area contributed by atoms with E-state index >= 15 is 0 Å². The first kappa shape index (κ1) is 16.8. The lowest BCUT2D eigenvalue weighted by atomic mass is 9.95. The van der Waals surface area contributed by atoms with Crippen LogP contribution < -0.4 is 10.2 Å². The number of anilines is 2. The van der Waals surface area contributed by atoms with Crippen LogP contribution >= 0.6 is 11.6 Å². The Morgan fingerprint density at radius 2 is 1.85 bits per heavy atom. The maximum atomic E-state index is 13.6. The van der Waals surface area contributed by atoms with E-state index in [1.165, 1.54) is 0 Å². The Labute approximate surface area is 162 Å². The molecule has 1 atom stereocenters. The number of hydrogen-bond acceptors (Lipinski definition) is 3. The molecule has 1 N–H and O–H groups in total. The molecule has 5 nitrogen and oxygen atoms in total. The van der Waals surface area contributed by atoms with Crippen molar-refractivity contribution in [2.24, 2.45) is 0 Å². The molecule has 0 spiro atoms. The molecule has 2 heterocycles. The summed E-state index contributed by atoms with van der Waals surface area (Å²) >= 11 is 6.26. The summed E-state index contributed by atoms with van der Waals surface area (Å²) in [5.74, 6) is -0.176. The van der Waals surface area contributed by atoms with Crippen molar-refractivity contribution in [3.05, 3.63) is 59.1 Å². The summed E-state index contributed by atoms with van der Waals surface area (Å²) in [5.41, 5.74) is 1.55. The first-order chi connectivity index (χ1) is 13.1. The van der Waals surface area contributed by atoms with Gasteiger partial charge in [-0.25, -0.2) is 0 Å². The molecule has 0 aromatic heterocycles. The van der Waals surface area contributed by atoms with Crippen LogP contribution in [0, 0.1) is 0 Å². The maximum absolute atomic E-state index is 13.6. The molecule has 2 aliphatic heterocycles. The van der Waals surface area contributed by atoms with Gasteiger partial charge in [-0.05, 0) is 36.6 Å². The first-order valence-electron chi connectivity index (χ1n) is 9.35. The highest BCUT2D eigenvalue weighted by molar-refractivity contribution is 6.33. The lowest BCUT2D eigenvalue weighted by molar-refractivity contribution is -0.131. The van der Waals surface area contributed by atoms with Crippen LogP contribution in [0.15, 0.2) is 48.5 Å². The van der Waals surface area contributed by atoms with Crippen LogP contribution in [-0.4, -0.2) is 28.4 Å². The molecule has 5 rings (SSSR count). The van der Waals surface area contributed by atoms with Gasteiger partial charge < -0.3 is 5.32 Å². The van der Waals surface area contributed by atoms with Crippen LogP contribution in [0.4, 0.5) is 11.4 Å². The normalized spacial score (nSPS) is 24.5. The van der Waals surface area contributed by atoms with Gasteiger partial charge >= 0.3 is 0 Å². The third-order valence-corrected chi connectivity index (χ3v) is 6.16. The molecule has 1 saturated carbocycles. The van der Waals surface area contributed by atoms with Gasteiger partial charge in [0.05, 0.1) is 16.4 Å². The van der Waals surface area contributed by atoms with Gasteiger partial charge in [-0.1, -0.05) is 41.9 Å². The molecule has 1 aliphatic carbocycles. The number of rotatable bonds is 3. The predicted octanol–water partition coefficient (Wildman–Crippen LogP) is 3.78. The second kappa shape index (κ2) is 6.08. The van der Waals surface area contributed by atoms with Gasteiger partial charge in [0.15, 0.2) is 5.66 Å². The summed E-state index contributed by atoms with van der Waals surface area (Å²) in [6.45, 7) is 0.681. The Bertz CT molecular complexity index is 943. The van der Waals surface area contributed by atoms with Crippen molar-refractivity contribution < 1.29 is 9.59 Å². The fourth-order valence-electron chi connectivity index (χ4n) is 4.44. The standard InChI is InChI=1S/C21H20ClN3O2/c22-16-6-2-3-7-17(16)23-20(27)21-12-11-19(26)25(21)18-8-4-1-5-14(18)13-24(21)15-9-10-15/h1-8,15H,9-13H2,(H,23,27). The zero-order valence-corrected chi connectivity index (χ0v) is 15.6. The first-order valence-corrected chi connectivity index (χ1v) is 9.73. The smallest absolute Gasteiger partial charge is 0.266 e. The zero-order valence-electron chi connectivity index (χ0n) is 14.8. The van der Waals surface area contributed by atoms with Crippen molar-refractivity contribution in [1.82, 2.24) is 4.90 Å². The summed E-state index contributed by atoms with van der Waals surface area (Å²) in [5, 5.41) is 3.49. The zero-order chi connectivity index (χ0) is 18.6. The summed E-state index contributed by atoms with van der Waals surface area (Å²) in [6, 6.07) is 15.4. The van der Waals surface area contributed by atoms with Crippen LogP contribution in [0.25, 0.3) is 0 Å². The Hall–Kier alpha value is -2.37. The van der Waals surface area contributed by atoms with E-state index in [1.54, 1.807) is 17.0 Å². The van der Waals surface area contributed by atoms with E-state index in [2.05, 4.69) is 10.2 Å². The van der Waals surface area contributed by atoms with E-state index in [1.807, 2.05) is 36.4 Å². The molecule has 0 radical (unpaired) electrons. The van der Waals surface area contributed by atoms with Gasteiger partial charge in [0.2, 0.25) is 5.91 Å². The number of fused-ring (bicyclic) bond motifs is 3. The molecule has 138 valence electrons. The minimum Gasteiger partial charge on any atom is -0.321 e. The highest BCUT2D eigenvalue weighted by atomic mass is 35.5. The predicted molar refractivity (Wildman–Crippen MR) is 105 cm³/mol. The summed E-state index contributed by atoms with van der Waals surface area (Å²) < 4.78 is 0. The number of hydrogen-bond donors (Lipinski definition) is 1. The van der Waals surface area contributed by atoms with Crippen LogP contribution in [-0.2, 0) is 16.1 Å². The van der Waals surface area contributed by atoms with Crippen molar-refractivity contribution in [3.63, 3.8) is 0 Å². The summed E-state index contributed by atoms with van der Waals surface area (Å²) in [6.07, 6.45) is 2.98. The molecule has 0 bridgehead atoms. The number of nitrogens with zero attached hydrogens (tertiary/aromatic N) is 2. The van der Waals surface area contributed by atoms with Crippen molar-refractivity contribution in [3.8, 4) is 0 Å². The molecule has 3 aliphatic rings. The minimum absolute atomic E-state index is 0.00195. The minimum atomic E-state index is -0.980. The highest BCUT2D eigenvalue weighted by Crippen LogP contribution is 2.49. The number of benzene rings is 2. The fraction of sp³-hybridized carbons (Fsp3) is 0.333. The number of carbonyl (C=O) groups excluding carboxylic acids is 2. The van der Waals surface area contributed by atoms with Crippen LogP contribution in [0.2, 0.25) is 5.02 Å². The number of halogens is 1. The van der Waals surface area contributed by atoms with Crippen LogP contribution in [0.1, 0.15) is 31.2 Å². The Balaban J connectivity index is 1.61.